The lowest BCUT2D eigenvalue weighted by molar-refractivity contribution is -0.118. The zero-order valence-corrected chi connectivity index (χ0v) is 8.88. The van der Waals surface area contributed by atoms with E-state index in [9.17, 15) is 4.79 Å². The number of nitrogens with zero attached hydrogens (tertiary/aromatic N) is 1. The maximum absolute atomic E-state index is 11.1. The number of Topliss-reactive ketones (excluding diaryl/α,β-unsaturated/α-hetero) is 1. The van der Waals surface area contributed by atoms with Crippen molar-refractivity contribution < 1.29 is 4.79 Å². The van der Waals surface area contributed by atoms with Gasteiger partial charge in [0.25, 0.3) is 0 Å². The first-order valence-corrected chi connectivity index (χ1v) is 5.42. The third-order valence-corrected chi connectivity index (χ3v) is 2.66. The molecule has 0 saturated carbocycles. The van der Waals surface area contributed by atoms with Crippen LogP contribution >= 0.6 is 0 Å². The Labute approximate surface area is 81.3 Å². The third-order valence-electron chi connectivity index (χ3n) is 2.66. The maximum Gasteiger partial charge on any atom is 0.134 e. The molecular formula is C11H21NO. The molecule has 1 fully saturated rings. The summed E-state index contributed by atoms with van der Waals surface area (Å²) < 4.78 is 0. The number of hydrogen-bond donors (Lipinski definition) is 0. The highest BCUT2D eigenvalue weighted by Gasteiger charge is 2.13. The molecule has 0 unspecified atom stereocenters. The molecular weight excluding hydrogens is 162 g/mol. The van der Waals surface area contributed by atoms with Crippen LogP contribution in [-0.2, 0) is 4.79 Å². The summed E-state index contributed by atoms with van der Waals surface area (Å²) in [4.78, 5) is 13.6. The fourth-order valence-electron chi connectivity index (χ4n) is 1.68. The van der Waals surface area contributed by atoms with Crippen molar-refractivity contribution in [3.8, 4) is 0 Å². The van der Waals surface area contributed by atoms with Gasteiger partial charge in [-0.25, -0.2) is 0 Å². The molecule has 0 aromatic rings. The van der Waals surface area contributed by atoms with Crippen molar-refractivity contribution in [2.45, 2.75) is 39.5 Å². The fraction of sp³-hybridized carbons (Fsp3) is 0.909. The minimum atomic E-state index is 0.451. The minimum absolute atomic E-state index is 0.451. The van der Waals surface area contributed by atoms with Gasteiger partial charge in [-0.1, -0.05) is 13.8 Å². The smallest absolute Gasteiger partial charge is 0.134 e. The molecule has 1 saturated heterocycles. The molecule has 2 heteroatoms. The molecule has 0 N–H and O–H groups in total. The molecule has 0 spiro atoms. The Morgan fingerprint density at radius 2 is 2.08 bits per heavy atom. The lowest BCUT2D eigenvalue weighted by Crippen LogP contribution is -2.26. The SMILES string of the molecule is CC(C)CCN1CCCC(=O)CC1. The molecule has 0 aromatic carbocycles. The van der Waals surface area contributed by atoms with Gasteiger partial charge in [-0.3, -0.25) is 4.79 Å². The van der Waals surface area contributed by atoms with Gasteiger partial charge in [0.1, 0.15) is 5.78 Å². The molecule has 0 atom stereocenters. The molecule has 0 amide bonds. The van der Waals surface area contributed by atoms with Crippen molar-refractivity contribution >= 4 is 5.78 Å². The van der Waals surface area contributed by atoms with Crippen LogP contribution in [-0.4, -0.2) is 30.3 Å². The molecule has 2 nitrogen and oxygen atoms in total. The van der Waals surface area contributed by atoms with Crippen LogP contribution in [0.2, 0.25) is 0 Å². The number of carbonyl (C=O) groups excluding carboxylic acids is 1. The van der Waals surface area contributed by atoms with Crippen LogP contribution in [0.25, 0.3) is 0 Å². The monoisotopic (exact) mass is 183 g/mol. The highest BCUT2D eigenvalue weighted by atomic mass is 16.1. The summed E-state index contributed by atoms with van der Waals surface area (Å²) in [5.41, 5.74) is 0. The van der Waals surface area contributed by atoms with Gasteiger partial charge in [-0.2, -0.15) is 0 Å². The van der Waals surface area contributed by atoms with Crippen molar-refractivity contribution in [1.82, 2.24) is 4.90 Å². The lowest BCUT2D eigenvalue weighted by atomic mass is 10.1. The fourth-order valence-corrected chi connectivity index (χ4v) is 1.68. The Morgan fingerprint density at radius 1 is 1.31 bits per heavy atom. The average Bonchev–Trinajstić information content (AvgIpc) is 2.27. The summed E-state index contributed by atoms with van der Waals surface area (Å²) >= 11 is 0. The topological polar surface area (TPSA) is 20.3 Å². The van der Waals surface area contributed by atoms with E-state index >= 15 is 0 Å². The first kappa shape index (κ1) is 10.7. The Bertz CT molecular complexity index is 165. The maximum atomic E-state index is 11.1. The van der Waals surface area contributed by atoms with Gasteiger partial charge in [0.05, 0.1) is 0 Å². The Balaban J connectivity index is 2.22. The highest BCUT2D eigenvalue weighted by molar-refractivity contribution is 5.78. The van der Waals surface area contributed by atoms with Gasteiger partial charge >= 0.3 is 0 Å². The van der Waals surface area contributed by atoms with Gasteiger partial charge in [-0.15, -0.1) is 0 Å². The van der Waals surface area contributed by atoms with Crippen molar-refractivity contribution in [2.75, 3.05) is 19.6 Å². The van der Waals surface area contributed by atoms with Crippen molar-refractivity contribution in [3.05, 3.63) is 0 Å². The van der Waals surface area contributed by atoms with E-state index in [1.54, 1.807) is 0 Å². The van der Waals surface area contributed by atoms with E-state index in [0.29, 0.717) is 5.78 Å². The lowest BCUT2D eigenvalue weighted by Gasteiger charge is -2.20. The number of likely N-dealkylation sites (tertiary alicyclic amines) is 1. The molecule has 1 rings (SSSR count). The molecule has 13 heavy (non-hydrogen) atoms. The predicted molar refractivity (Wildman–Crippen MR) is 54.8 cm³/mol. The molecule has 0 radical (unpaired) electrons. The molecule has 0 aromatic heterocycles. The second kappa shape index (κ2) is 5.38. The van der Waals surface area contributed by atoms with Gasteiger partial charge in [0.2, 0.25) is 0 Å². The number of rotatable bonds is 3. The number of ketones is 1. The van der Waals surface area contributed by atoms with E-state index in [1.165, 1.54) is 13.0 Å². The van der Waals surface area contributed by atoms with Crippen LogP contribution in [0.4, 0.5) is 0 Å². The van der Waals surface area contributed by atoms with Crippen molar-refractivity contribution in [3.63, 3.8) is 0 Å². The summed E-state index contributed by atoms with van der Waals surface area (Å²) in [6, 6.07) is 0. The van der Waals surface area contributed by atoms with E-state index in [1.807, 2.05) is 0 Å². The summed E-state index contributed by atoms with van der Waals surface area (Å²) in [6.45, 7) is 7.79. The quantitative estimate of drug-likeness (QED) is 0.667. The van der Waals surface area contributed by atoms with E-state index in [-0.39, 0.29) is 0 Å². The molecule has 1 aliphatic heterocycles. The zero-order chi connectivity index (χ0) is 9.68. The zero-order valence-electron chi connectivity index (χ0n) is 8.88. The van der Waals surface area contributed by atoms with Gasteiger partial charge in [-0.05, 0) is 31.8 Å². The van der Waals surface area contributed by atoms with E-state index < -0.39 is 0 Å². The molecule has 1 aliphatic rings. The predicted octanol–water partition coefficient (Wildman–Crippen LogP) is 2.09. The number of hydrogen-bond acceptors (Lipinski definition) is 2. The van der Waals surface area contributed by atoms with Crippen molar-refractivity contribution in [2.24, 2.45) is 5.92 Å². The van der Waals surface area contributed by atoms with E-state index in [4.69, 9.17) is 0 Å². The molecule has 0 aliphatic carbocycles. The second-order valence-corrected chi connectivity index (χ2v) is 4.42. The first-order chi connectivity index (χ1) is 6.18. The summed E-state index contributed by atoms with van der Waals surface area (Å²) in [5.74, 6) is 1.23. The van der Waals surface area contributed by atoms with Gasteiger partial charge in [0.15, 0.2) is 0 Å². The molecule has 76 valence electrons. The van der Waals surface area contributed by atoms with Crippen LogP contribution in [0.5, 0.6) is 0 Å². The van der Waals surface area contributed by atoms with Gasteiger partial charge in [0, 0.05) is 19.4 Å². The van der Waals surface area contributed by atoms with Crippen molar-refractivity contribution in [1.29, 1.82) is 0 Å². The Morgan fingerprint density at radius 3 is 2.77 bits per heavy atom. The molecule has 0 bridgehead atoms. The Kier molecular flexibility index (Phi) is 4.43. The van der Waals surface area contributed by atoms with Crippen LogP contribution in [0, 0.1) is 5.92 Å². The van der Waals surface area contributed by atoms with Gasteiger partial charge < -0.3 is 4.90 Å². The highest BCUT2D eigenvalue weighted by Crippen LogP contribution is 2.09. The van der Waals surface area contributed by atoms with Crippen LogP contribution in [0.15, 0.2) is 0 Å². The standard InChI is InChI=1S/C11H21NO/c1-10(2)5-8-12-7-3-4-11(13)6-9-12/h10H,3-9H2,1-2H3. The van der Waals surface area contributed by atoms with E-state index in [0.717, 1.165) is 38.3 Å². The van der Waals surface area contributed by atoms with Crippen LogP contribution < -0.4 is 0 Å². The third kappa shape index (κ3) is 4.41. The van der Waals surface area contributed by atoms with E-state index in [2.05, 4.69) is 18.7 Å². The number of carbonyl (C=O) groups is 1. The minimum Gasteiger partial charge on any atom is -0.303 e. The first-order valence-electron chi connectivity index (χ1n) is 5.42. The molecule has 1 heterocycles. The largest absolute Gasteiger partial charge is 0.303 e. The Hall–Kier alpha value is -0.370. The second-order valence-electron chi connectivity index (χ2n) is 4.42. The normalized spacial score (nSPS) is 20.7. The van der Waals surface area contributed by atoms with Crippen LogP contribution in [0.3, 0.4) is 0 Å². The summed E-state index contributed by atoms with van der Waals surface area (Å²) in [7, 11) is 0. The average molecular weight is 183 g/mol. The summed E-state index contributed by atoms with van der Waals surface area (Å²) in [6.07, 6.45) is 3.90. The van der Waals surface area contributed by atoms with Crippen LogP contribution in [0.1, 0.15) is 39.5 Å². The summed E-state index contributed by atoms with van der Waals surface area (Å²) in [5, 5.41) is 0.